The van der Waals surface area contributed by atoms with E-state index in [2.05, 4.69) is 6.92 Å². The molecule has 1 aromatic carbocycles. The quantitative estimate of drug-likeness (QED) is 0.825. The Labute approximate surface area is 115 Å². The van der Waals surface area contributed by atoms with Gasteiger partial charge in [0.15, 0.2) is 5.58 Å². The van der Waals surface area contributed by atoms with Crippen LogP contribution in [0.5, 0.6) is 0 Å². The number of furan rings is 1. The molecule has 0 aliphatic heterocycles. The first kappa shape index (κ1) is 13.0. The largest absolute Gasteiger partial charge is 0.458 e. The van der Waals surface area contributed by atoms with Gasteiger partial charge in [0, 0.05) is 10.9 Å². The van der Waals surface area contributed by atoms with Crippen molar-refractivity contribution in [2.24, 2.45) is 5.73 Å². The Morgan fingerprint density at radius 1 is 1.24 bits per heavy atom. The van der Waals surface area contributed by atoms with E-state index >= 15 is 0 Å². The van der Waals surface area contributed by atoms with Crippen molar-refractivity contribution in [2.45, 2.75) is 26.3 Å². The minimum atomic E-state index is 0.328. The van der Waals surface area contributed by atoms with Gasteiger partial charge in [0.05, 0.1) is 21.6 Å². The van der Waals surface area contributed by atoms with E-state index in [4.69, 9.17) is 45.0 Å². The summed E-state index contributed by atoms with van der Waals surface area (Å²) in [6.07, 6.45) is 1.82. The summed E-state index contributed by atoms with van der Waals surface area (Å²) in [4.78, 5) is 0. The molecule has 0 spiro atoms. The van der Waals surface area contributed by atoms with Crippen molar-refractivity contribution in [1.29, 1.82) is 0 Å². The Morgan fingerprint density at radius 3 is 2.53 bits per heavy atom. The van der Waals surface area contributed by atoms with E-state index in [0.29, 0.717) is 27.2 Å². The molecular formula is C12H12Cl3NO. The number of nitrogens with two attached hydrogens (primary N) is 1. The van der Waals surface area contributed by atoms with Crippen molar-refractivity contribution >= 4 is 45.8 Å². The molecule has 1 heterocycles. The molecule has 92 valence electrons. The van der Waals surface area contributed by atoms with E-state index in [1.165, 1.54) is 0 Å². The van der Waals surface area contributed by atoms with Gasteiger partial charge in [0.25, 0.3) is 0 Å². The van der Waals surface area contributed by atoms with Crippen LogP contribution in [0, 0.1) is 0 Å². The van der Waals surface area contributed by atoms with Gasteiger partial charge in [-0.2, -0.15) is 0 Å². The van der Waals surface area contributed by atoms with Crippen LogP contribution < -0.4 is 5.73 Å². The lowest BCUT2D eigenvalue weighted by molar-refractivity contribution is 0.545. The maximum Gasteiger partial charge on any atom is 0.154 e. The number of halogens is 3. The molecular weight excluding hydrogens is 280 g/mol. The van der Waals surface area contributed by atoms with Crippen molar-refractivity contribution in [1.82, 2.24) is 0 Å². The lowest BCUT2D eigenvalue weighted by Gasteiger charge is -2.02. The van der Waals surface area contributed by atoms with Gasteiger partial charge in [-0.15, -0.1) is 0 Å². The molecule has 1 aromatic heterocycles. The van der Waals surface area contributed by atoms with Crippen LogP contribution in [0.3, 0.4) is 0 Å². The minimum absolute atomic E-state index is 0.328. The van der Waals surface area contributed by atoms with E-state index in [9.17, 15) is 0 Å². The average molecular weight is 293 g/mol. The zero-order valence-electron chi connectivity index (χ0n) is 9.32. The molecule has 2 N–H and O–H groups in total. The van der Waals surface area contributed by atoms with Crippen LogP contribution in [0.15, 0.2) is 10.5 Å². The second-order valence-corrected chi connectivity index (χ2v) is 5.01. The molecule has 0 amide bonds. The molecule has 0 fully saturated rings. The van der Waals surface area contributed by atoms with E-state index in [-0.39, 0.29) is 0 Å². The topological polar surface area (TPSA) is 39.2 Å². The van der Waals surface area contributed by atoms with Gasteiger partial charge in [-0.05, 0) is 12.5 Å². The number of rotatable bonds is 3. The van der Waals surface area contributed by atoms with Gasteiger partial charge >= 0.3 is 0 Å². The van der Waals surface area contributed by atoms with Gasteiger partial charge < -0.3 is 10.2 Å². The fraction of sp³-hybridized carbons (Fsp3) is 0.333. The Hall–Kier alpha value is -0.410. The zero-order valence-corrected chi connectivity index (χ0v) is 11.6. The summed E-state index contributed by atoms with van der Waals surface area (Å²) >= 11 is 18.3. The maximum absolute atomic E-state index is 6.22. The fourth-order valence-electron chi connectivity index (χ4n) is 1.95. The van der Waals surface area contributed by atoms with Crippen LogP contribution in [-0.4, -0.2) is 0 Å². The molecule has 5 heteroatoms. The fourth-order valence-corrected chi connectivity index (χ4v) is 2.71. The van der Waals surface area contributed by atoms with E-state index in [0.717, 1.165) is 29.6 Å². The van der Waals surface area contributed by atoms with Crippen molar-refractivity contribution in [2.75, 3.05) is 0 Å². The molecule has 0 saturated heterocycles. The molecule has 2 rings (SSSR count). The van der Waals surface area contributed by atoms with Gasteiger partial charge in [0.2, 0.25) is 0 Å². The van der Waals surface area contributed by atoms with Gasteiger partial charge in [-0.1, -0.05) is 48.1 Å². The van der Waals surface area contributed by atoms with Crippen LogP contribution >= 0.6 is 34.8 Å². The summed E-state index contributed by atoms with van der Waals surface area (Å²) in [5.41, 5.74) is 7.26. The highest BCUT2D eigenvalue weighted by Crippen LogP contribution is 2.41. The first-order valence-corrected chi connectivity index (χ1v) is 6.51. The first-order chi connectivity index (χ1) is 8.10. The summed E-state index contributed by atoms with van der Waals surface area (Å²) in [7, 11) is 0. The Bertz CT molecular complexity index is 563. The third-order valence-corrected chi connectivity index (χ3v) is 3.74. The highest BCUT2D eigenvalue weighted by Gasteiger charge is 2.19. The van der Waals surface area contributed by atoms with Gasteiger partial charge in [0.1, 0.15) is 5.76 Å². The monoisotopic (exact) mass is 291 g/mol. The molecule has 0 unspecified atom stereocenters. The van der Waals surface area contributed by atoms with Crippen molar-refractivity contribution in [3.05, 3.63) is 32.5 Å². The SMILES string of the molecule is CCCc1c(CN)oc2c(Cl)cc(Cl)c(Cl)c12. The second kappa shape index (κ2) is 5.07. The standard InChI is InChI=1S/C12H12Cl3NO/c1-2-3-6-9(5-16)17-12-8(14)4-7(13)11(15)10(6)12/h4H,2-3,5,16H2,1H3. The van der Waals surface area contributed by atoms with Crippen LogP contribution in [0.25, 0.3) is 11.0 Å². The molecule has 2 aromatic rings. The van der Waals surface area contributed by atoms with Crippen LogP contribution in [0.2, 0.25) is 15.1 Å². The van der Waals surface area contributed by atoms with Crippen molar-refractivity contribution in [3.8, 4) is 0 Å². The van der Waals surface area contributed by atoms with Crippen molar-refractivity contribution in [3.63, 3.8) is 0 Å². The molecule has 0 aliphatic carbocycles. The molecule has 0 aliphatic rings. The summed E-state index contributed by atoms with van der Waals surface area (Å²) in [6.45, 7) is 2.41. The van der Waals surface area contributed by atoms with Gasteiger partial charge in [-0.3, -0.25) is 0 Å². The molecule has 17 heavy (non-hydrogen) atoms. The average Bonchev–Trinajstić information content (AvgIpc) is 2.66. The number of aryl methyl sites for hydroxylation is 1. The first-order valence-electron chi connectivity index (χ1n) is 5.38. The molecule has 0 atom stereocenters. The number of fused-ring (bicyclic) bond motifs is 1. The summed E-state index contributed by atoms with van der Waals surface area (Å²) < 4.78 is 5.67. The lowest BCUT2D eigenvalue weighted by Crippen LogP contribution is -1.98. The highest BCUT2D eigenvalue weighted by atomic mass is 35.5. The molecule has 0 radical (unpaired) electrons. The predicted molar refractivity (Wildman–Crippen MR) is 73.1 cm³/mol. The lowest BCUT2D eigenvalue weighted by atomic mass is 10.1. The number of hydrogen-bond donors (Lipinski definition) is 1. The smallest absolute Gasteiger partial charge is 0.154 e. The third kappa shape index (κ3) is 2.15. The van der Waals surface area contributed by atoms with Crippen LogP contribution in [0.4, 0.5) is 0 Å². The predicted octanol–water partition coefficient (Wildman–Crippen LogP) is 4.80. The Morgan fingerprint density at radius 2 is 1.94 bits per heavy atom. The van der Waals surface area contributed by atoms with Crippen molar-refractivity contribution < 1.29 is 4.42 Å². The molecule has 0 saturated carbocycles. The Kier molecular flexibility index (Phi) is 3.88. The van der Waals surface area contributed by atoms with Crippen LogP contribution in [-0.2, 0) is 13.0 Å². The highest BCUT2D eigenvalue weighted by molar-refractivity contribution is 6.47. The summed E-state index contributed by atoms with van der Waals surface area (Å²) in [5.74, 6) is 0.730. The number of benzene rings is 1. The Balaban J connectivity index is 2.84. The second-order valence-electron chi connectivity index (χ2n) is 3.82. The normalized spacial score (nSPS) is 11.4. The minimum Gasteiger partial charge on any atom is -0.458 e. The molecule has 0 bridgehead atoms. The number of hydrogen-bond acceptors (Lipinski definition) is 2. The van der Waals surface area contributed by atoms with E-state index in [1.54, 1.807) is 6.07 Å². The molecule has 2 nitrogen and oxygen atoms in total. The van der Waals surface area contributed by atoms with Crippen LogP contribution in [0.1, 0.15) is 24.7 Å². The zero-order chi connectivity index (χ0) is 12.6. The summed E-state index contributed by atoms with van der Waals surface area (Å²) in [5, 5.41) is 2.18. The third-order valence-electron chi connectivity index (χ3n) is 2.68. The maximum atomic E-state index is 6.22. The van der Waals surface area contributed by atoms with Gasteiger partial charge in [-0.25, -0.2) is 0 Å². The van der Waals surface area contributed by atoms with E-state index in [1.807, 2.05) is 0 Å². The van der Waals surface area contributed by atoms with E-state index < -0.39 is 0 Å². The summed E-state index contributed by atoms with van der Waals surface area (Å²) in [6, 6.07) is 1.59.